The summed E-state index contributed by atoms with van der Waals surface area (Å²) in [6.07, 6.45) is 0.875. The van der Waals surface area contributed by atoms with Gasteiger partial charge in [-0.2, -0.15) is 4.31 Å². The number of carbonyl (C=O) groups is 1. The average Bonchev–Trinajstić information content (AvgIpc) is 2.67. The summed E-state index contributed by atoms with van der Waals surface area (Å²) >= 11 is 0. The molecule has 0 aromatic heterocycles. The highest BCUT2D eigenvalue weighted by Crippen LogP contribution is 2.19. The second-order valence-corrected chi connectivity index (χ2v) is 9.42. The highest BCUT2D eigenvalue weighted by Gasteiger charge is 2.28. The largest absolute Gasteiger partial charge is 0.379 e. The molecule has 1 fully saturated rings. The Bertz CT molecular complexity index is 734. The van der Waals surface area contributed by atoms with Crippen LogP contribution in [0.25, 0.3) is 0 Å². The maximum atomic E-state index is 12.6. The van der Waals surface area contributed by atoms with Crippen molar-refractivity contribution in [2.45, 2.75) is 44.0 Å². The Morgan fingerprint density at radius 1 is 1.25 bits per heavy atom. The van der Waals surface area contributed by atoms with E-state index in [2.05, 4.69) is 5.32 Å². The maximum Gasteiger partial charge on any atom is 0.243 e. The van der Waals surface area contributed by atoms with Gasteiger partial charge in [0.05, 0.1) is 23.6 Å². The first-order valence-corrected chi connectivity index (χ1v) is 10.8. The lowest BCUT2D eigenvalue weighted by Gasteiger charge is -2.33. The van der Waals surface area contributed by atoms with E-state index in [1.807, 2.05) is 20.8 Å². The zero-order chi connectivity index (χ0) is 20.1. The summed E-state index contributed by atoms with van der Waals surface area (Å²) in [4.78, 5) is 12.5. The van der Waals surface area contributed by atoms with Crippen LogP contribution >= 0.6 is 12.4 Å². The molecule has 9 heteroatoms. The Balaban J connectivity index is 0.00000392. The zero-order valence-electron chi connectivity index (χ0n) is 16.8. The number of hydrogen-bond acceptors (Lipinski definition) is 5. The predicted octanol–water partition coefficient (Wildman–Crippen LogP) is 1.55. The van der Waals surface area contributed by atoms with Crippen LogP contribution in [0.15, 0.2) is 29.2 Å². The number of carbonyl (C=O) groups excluding carboxylic acids is 1. The molecule has 1 atom stereocenters. The van der Waals surface area contributed by atoms with Gasteiger partial charge in [0, 0.05) is 26.1 Å². The van der Waals surface area contributed by atoms with E-state index in [4.69, 9.17) is 10.5 Å². The molecule has 28 heavy (non-hydrogen) atoms. The van der Waals surface area contributed by atoms with Gasteiger partial charge in [0.2, 0.25) is 15.9 Å². The Hall–Kier alpha value is -1.19. The molecule has 0 saturated carbocycles. The standard InChI is InChI=1S/C19H31N3O4S.ClH/c1-15(2)19(3,14-20)21-18(23)9-6-16-4-7-17(8-5-16)27(24,25)22-10-12-26-13-11-22;/h4-5,7-8,15H,6,9-14,20H2,1-3H3,(H,21,23);1H. The number of aryl methyl sites for hydroxylation is 1. The number of morpholine rings is 1. The summed E-state index contributed by atoms with van der Waals surface area (Å²) in [6, 6.07) is 6.75. The first-order valence-electron chi connectivity index (χ1n) is 9.37. The molecule has 1 aromatic carbocycles. The molecule has 1 amide bonds. The van der Waals surface area contributed by atoms with Crippen LogP contribution in [0.5, 0.6) is 0 Å². The minimum Gasteiger partial charge on any atom is -0.379 e. The number of rotatable bonds is 8. The second-order valence-electron chi connectivity index (χ2n) is 7.48. The smallest absolute Gasteiger partial charge is 0.243 e. The Labute approximate surface area is 174 Å². The first kappa shape index (κ1) is 24.8. The molecule has 1 aliphatic heterocycles. The SMILES string of the molecule is CC(C)C(C)(CN)NC(=O)CCc1ccc(S(=O)(=O)N2CCOCC2)cc1.Cl. The number of nitrogens with one attached hydrogen (secondary N) is 1. The maximum absolute atomic E-state index is 12.6. The molecule has 1 heterocycles. The van der Waals surface area contributed by atoms with E-state index in [-0.39, 0.29) is 29.1 Å². The Morgan fingerprint density at radius 2 is 1.82 bits per heavy atom. The van der Waals surface area contributed by atoms with Crippen LogP contribution in [0.1, 0.15) is 32.8 Å². The lowest BCUT2D eigenvalue weighted by Crippen LogP contribution is -2.55. The van der Waals surface area contributed by atoms with Crippen LogP contribution < -0.4 is 11.1 Å². The van der Waals surface area contributed by atoms with Crippen molar-refractivity contribution in [3.63, 3.8) is 0 Å². The lowest BCUT2D eigenvalue weighted by atomic mass is 9.88. The molecule has 0 aliphatic carbocycles. The fraction of sp³-hybridized carbons (Fsp3) is 0.632. The molecule has 1 unspecified atom stereocenters. The quantitative estimate of drug-likeness (QED) is 0.647. The van der Waals surface area contributed by atoms with E-state index in [1.54, 1.807) is 24.3 Å². The van der Waals surface area contributed by atoms with Crippen molar-refractivity contribution in [3.8, 4) is 0 Å². The number of benzene rings is 1. The third-order valence-electron chi connectivity index (χ3n) is 5.30. The molecule has 0 bridgehead atoms. The summed E-state index contributed by atoms with van der Waals surface area (Å²) in [6.45, 7) is 7.97. The van der Waals surface area contributed by atoms with Gasteiger partial charge in [0.25, 0.3) is 0 Å². The van der Waals surface area contributed by atoms with Gasteiger partial charge in [0.15, 0.2) is 0 Å². The summed E-state index contributed by atoms with van der Waals surface area (Å²) in [5, 5.41) is 3.01. The van der Waals surface area contributed by atoms with Gasteiger partial charge in [-0.3, -0.25) is 4.79 Å². The fourth-order valence-electron chi connectivity index (χ4n) is 2.83. The van der Waals surface area contributed by atoms with E-state index in [0.29, 0.717) is 45.7 Å². The third-order valence-corrected chi connectivity index (χ3v) is 7.21. The van der Waals surface area contributed by atoms with Gasteiger partial charge in [-0.1, -0.05) is 26.0 Å². The third kappa shape index (κ3) is 6.15. The summed E-state index contributed by atoms with van der Waals surface area (Å²) in [5.41, 5.74) is 6.30. The van der Waals surface area contributed by atoms with Crippen LogP contribution in [0.4, 0.5) is 0 Å². The molecule has 1 aliphatic rings. The number of nitrogens with two attached hydrogens (primary N) is 1. The van der Waals surface area contributed by atoms with E-state index >= 15 is 0 Å². The number of halogens is 1. The molecule has 1 saturated heterocycles. The minimum atomic E-state index is -3.49. The van der Waals surface area contributed by atoms with Crippen LogP contribution in [0, 0.1) is 5.92 Å². The number of amides is 1. The van der Waals surface area contributed by atoms with Crippen LogP contribution in [-0.2, 0) is 26.0 Å². The van der Waals surface area contributed by atoms with Crippen LogP contribution in [-0.4, -0.2) is 57.0 Å². The summed E-state index contributed by atoms with van der Waals surface area (Å²) in [7, 11) is -3.49. The Kier molecular flexibility index (Phi) is 9.36. The molecular formula is C19H32ClN3O4S. The number of hydrogen-bond donors (Lipinski definition) is 2. The molecule has 7 nitrogen and oxygen atoms in total. The Morgan fingerprint density at radius 3 is 2.32 bits per heavy atom. The van der Waals surface area contributed by atoms with Crippen molar-refractivity contribution < 1.29 is 17.9 Å². The monoisotopic (exact) mass is 433 g/mol. The second kappa shape index (κ2) is 10.5. The average molecular weight is 434 g/mol. The topological polar surface area (TPSA) is 102 Å². The molecule has 3 N–H and O–H groups in total. The van der Waals surface area contributed by atoms with Gasteiger partial charge in [0.1, 0.15) is 0 Å². The number of ether oxygens (including phenoxy) is 1. The van der Waals surface area contributed by atoms with Crippen molar-refractivity contribution in [1.82, 2.24) is 9.62 Å². The molecule has 2 rings (SSSR count). The lowest BCUT2D eigenvalue weighted by molar-refractivity contribution is -0.123. The molecule has 0 radical (unpaired) electrons. The van der Waals surface area contributed by atoms with Crippen molar-refractivity contribution in [2.24, 2.45) is 11.7 Å². The molecule has 0 spiro atoms. The minimum absolute atomic E-state index is 0. The van der Waals surface area contributed by atoms with Gasteiger partial charge in [-0.15, -0.1) is 12.4 Å². The molecule has 1 aromatic rings. The van der Waals surface area contributed by atoms with E-state index in [9.17, 15) is 13.2 Å². The van der Waals surface area contributed by atoms with Crippen LogP contribution in [0.3, 0.4) is 0 Å². The van der Waals surface area contributed by atoms with Gasteiger partial charge in [-0.05, 0) is 37.0 Å². The van der Waals surface area contributed by atoms with Crippen molar-refractivity contribution >= 4 is 28.3 Å². The molecular weight excluding hydrogens is 402 g/mol. The predicted molar refractivity (Wildman–Crippen MR) is 112 cm³/mol. The van der Waals surface area contributed by atoms with Gasteiger partial charge < -0.3 is 15.8 Å². The van der Waals surface area contributed by atoms with Gasteiger partial charge >= 0.3 is 0 Å². The van der Waals surface area contributed by atoms with Crippen molar-refractivity contribution in [1.29, 1.82) is 0 Å². The summed E-state index contributed by atoms with van der Waals surface area (Å²) < 4.78 is 31.9. The zero-order valence-corrected chi connectivity index (χ0v) is 18.4. The van der Waals surface area contributed by atoms with Gasteiger partial charge in [-0.25, -0.2) is 8.42 Å². The number of sulfonamides is 1. The van der Waals surface area contributed by atoms with E-state index in [1.165, 1.54) is 4.31 Å². The fourth-order valence-corrected chi connectivity index (χ4v) is 4.24. The van der Waals surface area contributed by atoms with E-state index < -0.39 is 15.6 Å². The van der Waals surface area contributed by atoms with Crippen molar-refractivity contribution in [3.05, 3.63) is 29.8 Å². The van der Waals surface area contributed by atoms with Crippen molar-refractivity contribution in [2.75, 3.05) is 32.8 Å². The highest BCUT2D eigenvalue weighted by atomic mass is 35.5. The molecule has 160 valence electrons. The normalized spacial score (nSPS) is 17.6. The highest BCUT2D eigenvalue weighted by molar-refractivity contribution is 7.89. The van der Waals surface area contributed by atoms with Crippen LogP contribution in [0.2, 0.25) is 0 Å². The summed E-state index contributed by atoms with van der Waals surface area (Å²) in [5.74, 6) is 0.179. The van der Waals surface area contributed by atoms with E-state index in [0.717, 1.165) is 5.56 Å². The number of nitrogens with zero attached hydrogens (tertiary/aromatic N) is 1. The first-order chi connectivity index (χ1) is 12.7.